The van der Waals surface area contributed by atoms with E-state index in [1.165, 1.54) is 4.90 Å². The van der Waals surface area contributed by atoms with Gasteiger partial charge < -0.3 is 4.57 Å². The summed E-state index contributed by atoms with van der Waals surface area (Å²) in [6.45, 7) is 2.20. The van der Waals surface area contributed by atoms with Crippen molar-refractivity contribution in [1.29, 1.82) is 0 Å². The van der Waals surface area contributed by atoms with Gasteiger partial charge in [0.25, 0.3) is 5.91 Å². The predicted molar refractivity (Wildman–Crippen MR) is 87.0 cm³/mol. The minimum absolute atomic E-state index is 0.135. The molecule has 2 heterocycles. The van der Waals surface area contributed by atoms with E-state index in [-0.39, 0.29) is 11.9 Å². The highest BCUT2D eigenvalue weighted by Gasteiger charge is 2.42. The lowest BCUT2D eigenvalue weighted by atomic mass is 10.2. The molecule has 6 nitrogen and oxygen atoms in total. The largest absolute Gasteiger partial charge is 0.338 e. The molecule has 0 N–H and O–H groups in total. The molecule has 1 aliphatic heterocycles. The van der Waals surface area contributed by atoms with E-state index >= 15 is 0 Å². The first kappa shape index (κ1) is 15.3. The van der Waals surface area contributed by atoms with Gasteiger partial charge in [-0.1, -0.05) is 18.2 Å². The molecule has 0 aliphatic carbocycles. The van der Waals surface area contributed by atoms with Crippen LogP contribution in [0.15, 0.2) is 42.9 Å². The van der Waals surface area contributed by atoms with Gasteiger partial charge in [0, 0.05) is 31.2 Å². The van der Waals surface area contributed by atoms with E-state index in [9.17, 15) is 9.59 Å². The minimum Gasteiger partial charge on any atom is -0.338 e. The van der Waals surface area contributed by atoms with Gasteiger partial charge in [0.2, 0.25) is 0 Å². The Kier molecular flexibility index (Phi) is 4.14. The first-order chi connectivity index (χ1) is 11.1. The lowest BCUT2D eigenvalue weighted by molar-refractivity contribution is -0.126. The average Bonchev–Trinajstić information content (AvgIpc) is 3.05. The van der Waals surface area contributed by atoms with Gasteiger partial charge in [-0.2, -0.15) is 0 Å². The number of carbonyl (C=O) groups excluding carboxylic acids is 2. The van der Waals surface area contributed by atoms with E-state index in [0.29, 0.717) is 6.54 Å². The zero-order chi connectivity index (χ0) is 16.4. The maximum atomic E-state index is 12.6. The lowest BCUT2D eigenvalue weighted by Gasteiger charge is -2.19. The molecule has 3 rings (SSSR count). The van der Waals surface area contributed by atoms with Gasteiger partial charge in [-0.05, 0) is 31.9 Å². The van der Waals surface area contributed by atoms with Crippen molar-refractivity contribution in [2.24, 2.45) is 7.05 Å². The number of aromatic nitrogens is 2. The molecule has 1 fully saturated rings. The summed E-state index contributed by atoms with van der Waals surface area (Å²) in [4.78, 5) is 32.0. The fourth-order valence-corrected chi connectivity index (χ4v) is 2.90. The Bertz CT molecular complexity index is 710. The molecule has 2 aromatic rings. The van der Waals surface area contributed by atoms with Crippen molar-refractivity contribution in [3.63, 3.8) is 0 Å². The quantitative estimate of drug-likeness (QED) is 0.795. The van der Waals surface area contributed by atoms with Crippen LogP contribution in [0.1, 0.15) is 19.0 Å². The van der Waals surface area contributed by atoms with Crippen LogP contribution in [-0.4, -0.2) is 39.0 Å². The van der Waals surface area contributed by atoms with E-state index in [4.69, 9.17) is 0 Å². The first-order valence-electron chi connectivity index (χ1n) is 7.74. The van der Waals surface area contributed by atoms with Crippen LogP contribution in [0.4, 0.5) is 10.5 Å². The number of urea groups is 1. The Hall–Kier alpha value is -2.63. The van der Waals surface area contributed by atoms with Crippen LogP contribution in [-0.2, 0) is 18.3 Å². The zero-order valence-corrected chi connectivity index (χ0v) is 13.3. The fraction of sp³-hybridized carbons (Fsp3) is 0.353. The van der Waals surface area contributed by atoms with Crippen LogP contribution in [0.25, 0.3) is 0 Å². The first-order valence-corrected chi connectivity index (χ1v) is 7.74. The number of anilines is 1. The SMILES string of the molecule is CC1C(=O)N(CCCc2cncn2C)C(=O)N1c1ccccc1. The summed E-state index contributed by atoms with van der Waals surface area (Å²) in [5, 5.41) is 0. The number of hydrogen-bond acceptors (Lipinski definition) is 3. The molecule has 23 heavy (non-hydrogen) atoms. The van der Waals surface area contributed by atoms with Crippen LogP contribution in [0.3, 0.4) is 0 Å². The van der Waals surface area contributed by atoms with E-state index < -0.39 is 6.04 Å². The Morgan fingerprint density at radius 2 is 1.91 bits per heavy atom. The number of imide groups is 1. The molecular weight excluding hydrogens is 292 g/mol. The standard InChI is InChI=1S/C17H20N4O2/c1-13-16(22)20(10-6-9-15-11-18-12-19(15)2)17(23)21(13)14-7-4-3-5-8-14/h3-5,7-8,11-13H,6,9-10H2,1-2H3. The summed E-state index contributed by atoms with van der Waals surface area (Å²) < 4.78 is 1.95. The van der Waals surface area contributed by atoms with Crippen LogP contribution < -0.4 is 4.90 Å². The van der Waals surface area contributed by atoms with Crippen LogP contribution in [0.2, 0.25) is 0 Å². The zero-order valence-electron chi connectivity index (χ0n) is 13.3. The number of carbonyl (C=O) groups is 2. The molecule has 0 spiro atoms. The summed E-state index contributed by atoms with van der Waals surface area (Å²) >= 11 is 0. The van der Waals surface area contributed by atoms with E-state index in [1.807, 2.05) is 48.1 Å². The number of benzene rings is 1. The summed E-state index contributed by atoms with van der Waals surface area (Å²) in [6.07, 6.45) is 5.08. The molecule has 0 saturated carbocycles. The van der Waals surface area contributed by atoms with Crippen molar-refractivity contribution in [3.8, 4) is 0 Å². The van der Waals surface area contributed by atoms with Gasteiger partial charge >= 0.3 is 6.03 Å². The Labute approximate surface area is 135 Å². The molecule has 1 aliphatic rings. The van der Waals surface area contributed by atoms with Gasteiger partial charge in [0.1, 0.15) is 6.04 Å². The topological polar surface area (TPSA) is 58.4 Å². The number of aryl methyl sites for hydroxylation is 2. The molecular formula is C17H20N4O2. The smallest absolute Gasteiger partial charge is 0.331 e. The molecule has 1 saturated heterocycles. The summed E-state index contributed by atoms with van der Waals surface area (Å²) in [7, 11) is 1.94. The van der Waals surface area contributed by atoms with E-state index in [2.05, 4.69) is 4.98 Å². The third-order valence-electron chi connectivity index (χ3n) is 4.21. The number of para-hydroxylation sites is 1. The Balaban J connectivity index is 1.67. The maximum Gasteiger partial charge on any atom is 0.331 e. The van der Waals surface area contributed by atoms with Gasteiger partial charge in [-0.3, -0.25) is 14.6 Å². The van der Waals surface area contributed by atoms with Gasteiger partial charge in [0.15, 0.2) is 0 Å². The molecule has 3 amide bonds. The number of rotatable bonds is 5. The molecule has 1 unspecified atom stereocenters. The lowest BCUT2D eigenvalue weighted by Crippen LogP contribution is -2.34. The molecule has 1 aromatic carbocycles. The summed E-state index contributed by atoms with van der Waals surface area (Å²) in [6, 6.07) is 8.62. The predicted octanol–water partition coefficient (Wildman–Crippen LogP) is 2.21. The van der Waals surface area contributed by atoms with Crippen molar-refractivity contribution < 1.29 is 9.59 Å². The third-order valence-corrected chi connectivity index (χ3v) is 4.21. The van der Waals surface area contributed by atoms with E-state index in [0.717, 1.165) is 24.2 Å². The van der Waals surface area contributed by atoms with Gasteiger partial charge in [-0.15, -0.1) is 0 Å². The minimum atomic E-state index is -0.457. The maximum absolute atomic E-state index is 12.6. The third kappa shape index (κ3) is 2.84. The van der Waals surface area contributed by atoms with Crippen molar-refractivity contribution in [2.45, 2.75) is 25.8 Å². The van der Waals surface area contributed by atoms with Gasteiger partial charge in [-0.25, -0.2) is 9.78 Å². The second-order valence-electron chi connectivity index (χ2n) is 5.75. The second kappa shape index (κ2) is 6.24. The second-order valence-corrected chi connectivity index (χ2v) is 5.75. The number of amides is 3. The number of hydrogen-bond donors (Lipinski definition) is 0. The van der Waals surface area contributed by atoms with Crippen LogP contribution >= 0.6 is 0 Å². The summed E-state index contributed by atoms with van der Waals surface area (Å²) in [5.41, 5.74) is 1.85. The summed E-state index contributed by atoms with van der Waals surface area (Å²) in [5.74, 6) is -0.135. The Morgan fingerprint density at radius 1 is 1.17 bits per heavy atom. The van der Waals surface area contributed by atoms with Crippen molar-refractivity contribution in [1.82, 2.24) is 14.5 Å². The van der Waals surface area contributed by atoms with Gasteiger partial charge in [0.05, 0.1) is 6.33 Å². The Morgan fingerprint density at radius 3 is 2.57 bits per heavy atom. The van der Waals surface area contributed by atoms with Crippen molar-refractivity contribution >= 4 is 17.6 Å². The monoisotopic (exact) mass is 312 g/mol. The molecule has 6 heteroatoms. The normalized spacial score (nSPS) is 18.1. The molecule has 1 atom stereocenters. The highest BCUT2D eigenvalue weighted by molar-refractivity contribution is 6.14. The average molecular weight is 312 g/mol. The van der Waals surface area contributed by atoms with Crippen LogP contribution in [0, 0.1) is 0 Å². The molecule has 0 radical (unpaired) electrons. The van der Waals surface area contributed by atoms with Crippen molar-refractivity contribution in [2.75, 3.05) is 11.4 Å². The molecule has 1 aromatic heterocycles. The highest BCUT2D eigenvalue weighted by atomic mass is 16.2. The van der Waals surface area contributed by atoms with Crippen LogP contribution in [0.5, 0.6) is 0 Å². The van der Waals surface area contributed by atoms with E-state index in [1.54, 1.807) is 18.2 Å². The highest BCUT2D eigenvalue weighted by Crippen LogP contribution is 2.25. The van der Waals surface area contributed by atoms with Crippen molar-refractivity contribution in [3.05, 3.63) is 48.5 Å². The molecule has 0 bridgehead atoms. The number of imidazole rings is 1. The molecule has 120 valence electrons. The fourth-order valence-electron chi connectivity index (χ4n) is 2.90. The number of nitrogens with zero attached hydrogens (tertiary/aromatic N) is 4.